The number of hydrogen-bond acceptors (Lipinski definition) is 4. The van der Waals surface area contributed by atoms with Crippen LogP contribution in [0.4, 0.5) is 17.2 Å². The number of hydrogen-bond donors (Lipinski definition) is 3. The van der Waals surface area contributed by atoms with E-state index in [0.717, 1.165) is 43.0 Å². The Bertz CT molecular complexity index is 769. The number of nitrogens with one attached hydrogen (secondary N) is 3. The van der Waals surface area contributed by atoms with E-state index in [-0.39, 0.29) is 24.7 Å². The number of amides is 2. The van der Waals surface area contributed by atoms with Crippen molar-refractivity contribution in [1.29, 1.82) is 0 Å². The molecule has 0 saturated carbocycles. The van der Waals surface area contributed by atoms with Gasteiger partial charge in [-0.05, 0) is 30.5 Å². The molecule has 1 aliphatic heterocycles. The summed E-state index contributed by atoms with van der Waals surface area (Å²) >= 11 is 0. The van der Waals surface area contributed by atoms with E-state index < -0.39 is 0 Å². The predicted octanol–water partition coefficient (Wildman–Crippen LogP) is 2.62. The maximum atomic E-state index is 12.1. The SMILES string of the molecule is CCc1cccc(NC(=O)CCC(=O)Nc2cnn3c2NCCC3)c1. The van der Waals surface area contributed by atoms with Gasteiger partial charge in [-0.1, -0.05) is 19.1 Å². The second-order valence-electron chi connectivity index (χ2n) is 6.06. The van der Waals surface area contributed by atoms with Gasteiger partial charge in [0.25, 0.3) is 0 Å². The van der Waals surface area contributed by atoms with Crippen LogP contribution in [0.1, 0.15) is 31.7 Å². The Labute approximate surface area is 146 Å². The Balaban J connectivity index is 1.48. The molecule has 132 valence electrons. The van der Waals surface area contributed by atoms with Crippen molar-refractivity contribution in [2.45, 2.75) is 39.2 Å². The Morgan fingerprint density at radius 2 is 2.04 bits per heavy atom. The molecule has 3 N–H and O–H groups in total. The van der Waals surface area contributed by atoms with E-state index in [0.29, 0.717) is 5.69 Å². The van der Waals surface area contributed by atoms with Crippen LogP contribution in [0.5, 0.6) is 0 Å². The van der Waals surface area contributed by atoms with Gasteiger partial charge in [-0.25, -0.2) is 4.68 Å². The number of rotatable bonds is 6. The molecule has 0 fully saturated rings. The molecule has 0 spiro atoms. The first-order valence-electron chi connectivity index (χ1n) is 8.64. The monoisotopic (exact) mass is 341 g/mol. The highest BCUT2D eigenvalue weighted by Crippen LogP contribution is 2.24. The van der Waals surface area contributed by atoms with Crippen molar-refractivity contribution < 1.29 is 9.59 Å². The van der Waals surface area contributed by atoms with Gasteiger partial charge in [0.2, 0.25) is 11.8 Å². The van der Waals surface area contributed by atoms with Gasteiger partial charge in [0, 0.05) is 31.6 Å². The fraction of sp³-hybridized carbons (Fsp3) is 0.389. The Morgan fingerprint density at radius 1 is 1.24 bits per heavy atom. The van der Waals surface area contributed by atoms with Crippen LogP contribution in [0, 0.1) is 0 Å². The van der Waals surface area contributed by atoms with Gasteiger partial charge in [-0.2, -0.15) is 5.10 Å². The summed E-state index contributed by atoms with van der Waals surface area (Å²) in [6.07, 6.45) is 3.84. The fourth-order valence-corrected chi connectivity index (χ4v) is 2.80. The fourth-order valence-electron chi connectivity index (χ4n) is 2.80. The highest BCUT2D eigenvalue weighted by Gasteiger charge is 2.16. The Morgan fingerprint density at radius 3 is 2.84 bits per heavy atom. The molecule has 0 saturated heterocycles. The minimum atomic E-state index is -0.194. The Hall–Kier alpha value is -2.83. The zero-order valence-corrected chi connectivity index (χ0v) is 14.3. The van der Waals surface area contributed by atoms with E-state index in [2.05, 4.69) is 28.0 Å². The van der Waals surface area contributed by atoms with Crippen LogP contribution in [-0.4, -0.2) is 28.1 Å². The first-order chi connectivity index (χ1) is 12.2. The molecule has 1 aromatic heterocycles. The van der Waals surface area contributed by atoms with Crippen LogP contribution in [0.2, 0.25) is 0 Å². The van der Waals surface area contributed by atoms with E-state index in [1.54, 1.807) is 6.20 Å². The van der Waals surface area contributed by atoms with E-state index in [9.17, 15) is 9.59 Å². The molecule has 25 heavy (non-hydrogen) atoms. The van der Waals surface area contributed by atoms with Crippen LogP contribution >= 0.6 is 0 Å². The number of benzene rings is 1. The molecule has 0 radical (unpaired) electrons. The molecular formula is C18H23N5O2. The number of anilines is 3. The minimum Gasteiger partial charge on any atom is -0.368 e. The summed E-state index contributed by atoms with van der Waals surface area (Å²) in [4.78, 5) is 24.1. The first kappa shape index (κ1) is 17.0. The van der Waals surface area contributed by atoms with Crippen molar-refractivity contribution in [2.75, 3.05) is 22.5 Å². The van der Waals surface area contributed by atoms with E-state index in [1.807, 2.05) is 28.9 Å². The number of carbonyl (C=O) groups is 2. The summed E-state index contributed by atoms with van der Waals surface area (Å²) in [5, 5.41) is 13.1. The molecule has 2 aromatic rings. The number of aromatic nitrogens is 2. The summed E-state index contributed by atoms with van der Waals surface area (Å²) in [6.45, 7) is 3.78. The molecule has 0 aliphatic carbocycles. The second-order valence-corrected chi connectivity index (χ2v) is 6.06. The summed E-state index contributed by atoms with van der Waals surface area (Å²) in [5.74, 6) is 0.472. The lowest BCUT2D eigenvalue weighted by Crippen LogP contribution is -2.20. The number of aryl methyl sites for hydroxylation is 2. The van der Waals surface area contributed by atoms with Gasteiger partial charge >= 0.3 is 0 Å². The third-order valence-corrected chi connectivity index (χ3v) is 4.15. The predicted molar refractivity (Wildman–Crippen MR) is 97.6 cm³/mol. The normalized spacial score (nSPS) is 12.8. The summed E-state index contributed by atoms with van der Waals surface area (Å²) in [6, 6.07) is 7.73. The molecule has 1 aromatic carbocycles. The molecule has 7 heteroatoms. The van der Waals surface area contributed by atoms with E-state index >= 15 is 0 Å². The first-order valence-corrected chi connectivity index (χ1v) is 8.64. The van der Waals surface area contributed by atoms with Crippen molar-refractivity contribution in [1.82, 2.24) is 9.78 Å². The van der Waals surface area contributed by atoms with Crippen molar-refractivity contribution in [2.24, 2.45) is 0 Å². The summed E-state index contributed by atoms with van der Waals surface area (Å²) in [5.41, 5.74) is 2.59. The highest BCUT2D eigenvalue weighted by molar-refractivity contribution is 5.98. The van der Waals surface area contributed by atoms with Crippen molar-refractivity contribution in [3.8, 4) is 0 Å². The van der Waals surface area contributed by atoms with Crippen molar-refractivity contribution in [3.63, 3.8) is 0 Å². The van der Waals surface area contributed by atoms with Crippen LogP contribution in [-0.2, 0) is 22.6 Å². The van der Waals surface area contributed by atoms with Crippen LogP contribution in [0.3, 0.4) is 0 Å². The molecule has 1 aliphatic rings. The van der Waals surface area contributed by atoms with Crippen LogP contribution < -0.4 is 16.0 Å². The van der Waals surface area contributed by atoms with Crippen molar-refractivity contribution >= 4 is 29.0 Å². The van der Waals surface area contributed by atoms with Gasteiger partial charge in [-0.15, -0.1) is 0 Å². The van der Waals surface area contributed by atoms with Crippen LogP contribution in [0.15, 0.2) is 30.5 Å². The lowest BCUT2D eigenvalue weighted by molar-refractivity contribution is -0.121. The van der Waals surface area contributed by atoms with Gasteiger partial charge < -0.3 is 16.0 Å². The Kier molecular flexibility index (Phi) is 5.33. The largest absolute Gasteiger partial charge is 0.368 e. The maximum Gasteiger partial charge on any atom is 0.225 e. The van der Waals surface area contributed by atoms with Gasteiger partial charge in [0.15, 0.2) is 0 Å². The molecule has 7 nitrogen and oxygen atoms in total. The highest BCUT2D eigenvalue weighted by atomic mass is 16.2. The van der Waals surface area contributed by atoms with Gasteiger partial charge in [0.1, 0.15) is 11.5 Å². The molecule has 2 heterocycles. The molecule has 2 amide bonds. The molecule has 0 atom stereocenters. The van der Waals surface area contributed by atoms with E-state index in [1.165, 1.54) is 0 Å². The third-order valence-electron chi connectivity index (χ3n) is 4.15. The van der Waals surface area contributed by atoms with Crippen LogP contribution in [0.25, 0.3) is 0 Å². The number of nitrogens with zero attached hydrogens (tertiary/aromatic N) is 2. The number of fused-ring (bicyclic) bond motifs is 1. The smallest absolute Gasteiger partial charge is 0.225 e. The summed E-state index contributed by atoms with van der Waals surface area (Å²) in [7, 11) is 0. The van der Waals surface area contributed by atoms with E-state index in [4.69, 9.17) is 0 Å². The zero-order chi connectivity index (χ0) is 17.6. The molecule has 0 bridgehead atoms. The third kappa shape index (κ3) is 4.37. The molecule has 0 unspecified atom stereocenters. The lowest BCUT2D eigenvalue weighted by atomic mass is 10.1. The average molecular weight is 341 g/mol. The van der Waals surface area contributed by atoms with Gasteiger partial charge in [-0.3, -0.25) is 9.59 Å². The summed E-state index contributed by atoms with van der Waals surface area (Å²) < 4.78 is 1.84. The minimum absolute atomic E-state index is 0.129. The second kappa shape index (κ2) is 7.83. The standard InChI is InChI=1S/C18H23N5O2/c1-2-13-5-3-6-14(11-13)21-16(24)7-8-17(25)22-15-12-20-23-10-4-9-19-18(15)23/h3,5-6,11-12,19H,2,4,7-10H2,1H3,(H,21,24)(H,22,25). The molecule has 3 rings (SSSR count). The quantitative estimate of drug-likeness (QED) is 0.754. The zero-order valence-electron chi connectivity index (χ0n) is 14.3. The average Bonchev–Trinajstić information content (AvgIpc) is 3.03. The topological polar surface area (TPSA) is 88.1 Å². The molecular weight excluding hydrogens is 318 g/mol. The lowest BCUT2D eigenvalue weighted by Gasteiger charge is -2.17. The number of carbonyl (C=O) groups excluding carboxylic acids is 2. The van der Waals surface area contributed by atoms with Crippen molar-refractivity contribution in [3.05, 3.63) is 36.0 Å². The van der Waals surface area contributed by atoms with Gasteiger partial charge in [0.05, 0.1) is 6.20 Å². The maximum absolute atomic E-state index is 12.1.